The van der Waals surface area contributed by atoms with E-state index >= 15 is 0 Å². The molecule has 0 aromatic heterocycles. The van der Waals surface area contributed by atoms with Crippen LogP contribution in [0.15, 0.2) is 54.6 Å². The van der Waals surface area contributed by atoms with Crippen molar-refractivity contribution in [3.8, 4) is 0 Å². The highest BCUT2D eigenvalue weighted by molar-refractivity contribution is 6.02. The predicted octanol–water partition coefficient (Wildman–Crippen LogP) is 4.60. The number of rotatable bonds is 4. The van der Waals surface area contributed by atoms with Crippen LogP contribution in [0.5, 0.6) is 0 Å². The number of nitrogens with one attached hydrogen (secondary N) is 1. The Morgan fingerprint density at radius 1 is 0.964 bits per heavy atom. The average Bonchev–Trinajstić information content (AvgIpc) is 2.65. The summed E-state index contributed by atoms with van der Waals surface area (Å²) in [4.78, 5) is 24.7. The van der Waals surface area contributed by atoms with E-state index in [4.69, 9.17) is 9.47 Å². The number of esters is 1. The van der Waals surface area contributed by atoms with Gasteiger partial charge in [0.05, 0.1) is 7.11 Å². The molecule has 146 valence electrons. The Hall–Kier alpha value is -3.08. The van der Waals surface area contributed by atoms with Crippen LogP contribution in [0, 0.1) is 0 Å². The Morgan fingerprint density at radius 3 is 2.00 bits per heavy atom. The Labute approximate surface area is 164 Å². The van der Waals surface area contributed by atoms with E-state index in [0.717, 1.165) is 27.1 Å². The molecule has 0 radical (unpaired) electrons. The molecule has 0 saturated carbocycles. The topological polar surface area (TPSA) is 64.6 Å². The maximum Gasteiger partial charge on any atom is 0.408 e. The molecular formula is C23H25NO4. The SMILES string of the molecule is COC(=O)[C@H](Cc1c2ccccc2cc2ccccc12)NC(=O)OC(C)(C)C. The fourth-order valence-electron chi connectivity index (χ4n) is 3.32. The first kappa shape index (κ1) is 19.7. The van der Waals surface area contributed by atoms with Crippen molar-refractivity contribution in [2.24, 2.45) is 0 Å². The van der Waals surface area contributed by atoms with Crippen molar-refractivity contribution >= 4 is 33.6 Å². The summed E-state index contributed by atoms with van der Waals surface area (Å²) < 4.78 is 10.2. The number of fused-ring (bicyclic) bond motifs is 2. The minimum atomic E-state index is -0.853. The third-order valence-electron chi connectivity index (χ3n) is 4.47. The zero-order valence-corrected chi connectivity index (χ0v) is 16.6. The van der Waals surface area contributed by atoms with E-state index in [2.05, 4.69) is 11.4 Å². The van der Waals surface area contributed by atoms with Gasteiger partial charge in [0.1, 0.15) is 11.6 Å². The van der Waals surface area contributed by atoms with Gasteiger partial charge in [0.15, 0.2) is 0 Å². The van der Waals surface area contributed by atoms with Crippen LogP contribution in [0.3, 0.4) is 0 Å². The zero-order valence-electron chi connectivity index (χ0n) is 16.6. The molecule has 0 aliphatic carbocycles. The minimum absolute atomic E-state index is 0.299. The molecule has 0 spiro atoms. The molecule has 5 nitrogen and oxygen atoms in total. The van der Waals surface area contributed by atoms with Crippen molar-refractivity contribution in [3.63, 3.8) is 0 Å². The summed E-state index contributed by atoms with van der Waals surface area (Å²) in [7, 11) is 1.31. The molecule has 3 aromatic rings. The van der Waals surface area contributed by atoms with Crippen molar-refractivity contribution in [1.29, 1.82) is 0 Å². The van der Waals surface area contributed by atoms with Gasteiger partial charge in [-0.3, -0.25) is 0 Å². The molecule has 1 amide bonds. The van der Waals surface area contributed by atoms with Gasteiger partial charge in [0.25, 0.3) is 0 Å². The normalized spacial score (nSPS) is 12.6. The number of benzene rings is 3. The molecule has 3 aromatic carbocycles. The highest BCUT2D eigenvalue weighted by atomic mass is 16.6. The van der Waals surface area contributed by atoms with Crippen LogP contribution in [0.2, 0.25) is 0 Å². The van der Waals surface area contributed by atoms with Gasteiger partial charge >= 0.3 is 12.1 Å². The maximum atomic E-state index is 12.4. The van der Waals surface area contributed by atoms with Crippen molar-refractivity contribution < 1.29 is 19.1 Å². The summed E-state index contributed by atoms with van der Waals surface area (Å²) in [6, 6.07) is 17.3. The Kier molecular flexibility index (Phi) is 5.54. The lowest BCUT2D eigenvalue weighted by Crippen LogP contribution is -2.45. The lowest BCUT2D eigenvalue weighted by molar-refractivity contribution is -0.143. The molecule has 0 unspecified atom stereocenters. The van der Waals surface area contributed by atoms with E-state index in [9.17, 15) is 9.59 Å². The number of hydrogen-bond donors (Lipinski definition) is 1. The summed E-state index contributed by atoms with van der Waals surface area (Å²) in [5.41, 5.74) is 0.330. The summed E-state index contributed by atoms with van der Waals surface area (Å²) in [6.07, 6.45) is -0.346. The summed E-state index contributed by atoms with van der Waals surface area (Å²) >= 11 is 0. The van der Waals surface area contributed by atoms with E-state index in [1.165, 1.54) is 7.11 Å². The van der Waals surface area contributed by atoms with Gasteiger partial charge in [0, 0.05) is 6.42 Å². The van der Waals surface area contributed by atoms with E-state index in [0.29, 0.717) is 6.42 Å². The van der Waals surface area contributed by atoms with Crippen LogP contribution < -0.4 is 5.32 Å². The molecular weight excluding hydrogens is 354 g/mol. The molecule has 0 bridgehead atoms. The van der Waals surface area contributed by atoms with E-state index in [1.54, 1.807) is 20.8 Å². The van der Waals surface area contributed by atoms with Gasteiger partial charge in [-0.05, 0) is 53.9 Å². The fourth-order valence-corrected chi connectivity index (χ4v) is 3.32. The largest absolute Gasteiger partial charge is 0.467 e. The predicted molar refractivity (Wildman–Crippen MR) is 110 cm³/mol. The van der Waals surface area contributed by atoms with Crippen molar-refractivity contribution in [3.05, 3.63) is 60.2 Å². The van der Waals surface area contributed by atoms with E-state index in [1.807, 2.05) is 48.5 Å². The maximum absolute atomic E-state index is 12.4. The van der Waals surface area contributed by atoms with Gasteiger partial charge in [-0.15, -0.1) is 0 Å². The second-order valence-electron chi connectivity index (χ2n) is 7.72. The van der Waals surface area contributed by atoms with Crippen LogP contribution in [-0.2, 0) is 20.7 Å². The van der Waals surface area contributed by atoms with Crippen LogP contribution in [0.1, 0.15) is 26.3 Å². The van der Waals surface area contributed by atoms with Crippen LogP contribution in [0.4, 0.5) is 4.79 Å². The smallest absolute Gasteiger partial charge is 0.408 e. The minimum Gasteiger partial charge on any atom is -0.467 e. The highest BCUT2D eigenvalue weighted by Crippen LogP contribution is 2.29. The van der Waals surface area contributed by atoms with Crippen LogP contribution in [0.25, 0.3) is 21.5 Å². The number of carbonyl (C=O) groups is 2. The molecule has 0 saturated heterocycles. The number of alkyl carbamates (subject to hydrolysis) is 1. The van der Waals surface area contributed by atoms with Crippen molar-refractivity contribution in [2.75, 3.05) is 7.11 Å². The number of methoxy groups -OCH3 is 1. The number of hydrogen-bond acceptors (Lipinski definition) is 4. The molecule has 3 rings (SSSR count). The third kappa shape index (κ3) is 4.42. The average molecular weight is 379 g/mol. The lowest BCUT2D eigenvalue weighted by atomic mass is 9.92. The summed E-state index contributed by atoms with van der Waals surface area (Å²) in [5, 5.41) is 6.91. The van der Waals surface area contributed by atoms with Gasteiger partial charge in [0.2, 0.25) is 0 Å². The molecule has 1 atom stereocenters. The second-order valence-corrected chi connectivity index (χ2v) is 7.72. The fraction of sp³-hybridized carbons (Fsp3) is 0.304. The monoisotopic (exact) mass is 379 g/mol. The zero-order chi connectivity index (χ0) is 20.3. The van der Waals surface area contributed by atoms with Crippen molar-refractivity contribution in [1.82, 2.24) is 5.32 Å². The Bertz CT molecular complexity index is 966. The quantitative estimate of drug-likeness (QED) is 0.531. The summed E-state index contributed by atoms with van der Waals surface area (Å²) in [6.45, 7) is 5.33. The lowest BCUT2D eigenvalue weighted by Gasteiger charge is -2.23. The molecule has 0 aliphatic heterocycles. The van der Waals surface area contributed by atoms with E-state index in [-0.39, 0.29) is 0 Å². The molecule has 5 heteroatoms. The second kappa shape index (κ2) is 7.89. The van der Waals surface area contributed by atoms with Crippen LogP contribution >= 0.6 is 0 Å². The first-order chi connectivity index (χ1) is 13.3. The van der Waals surface area contributed by atoms with Gasteiger partial charge in [-0.2, -0.15) is 0 Å². The molecule has 0 aliphatic rings. The number of carbonyl (C=O) groups excluding carboxylic acids is 2. The Morgan fingerprint density at radius 2 is 1.50 bits per heavy atom. The summed E-state index contributed by atoms with van der Waals surface area (Å²) in [5.74, 6) is -0.511. The highest BCUT2D eigenvalue weighted by Gasteiger charge is 2.26. The number of amides is 1. The Balaban J connectivity index is 2.03. The molecule has 28 heavy (non-hydrogen) atoms. The van der Waals surface area contributed by atoms with Gasteiger partial charge in [-0.25, -0.2) is 9.59 Å². The van der Waals surface area contributed by atoms with Crippen LogP contribution in [-0.4, -0.2) is 30.8 Å². The standard InChI is InChI=1S/C23H25NO4/c1-23(2,3)28-22(26)24-20(21(25)27-4)14-19-17-11-7-5-9-15(17)13-16-10-6-8-12-18(16)19/h5-13,20H,14H2,1-4H3,(H,24,26)/t20-/m0/s1. The third-order valence-corrected chi connectivity index (χ3v) is 4.47. The first-order valence-corrected chi connectivity index (χ1v) is 9.25. The molecule has 0 heterocycles. The van der Waals surface area contributed by atoms with E-state index < -0.39 is 23.7 Å². The van der Waals surface area contributed by atoms with Crippen molar-refractivity contribution in [2.45, 2.75) is 38.8 Å². The van der Waals surface area contributed by atoms with Gasteiger partial charge < -0.3 is 14.8 Å². The first-order valence-electron chi connectivity index (χ1n) is 9.25. The molecule has 0 fully saturated rings. The van der Waals surface area contributed by atoms with Gasteiger partial charge in [-0.1, -0.05) is 48.5 Å². The number of ether oxygens (including phenoxy) is 2. The molecule has 1 N–H and O–H groups in total.